The maximum Gasteiger partial charge on any atom is 0.586 e. The van der Waals surface area contributed by atoms with Gasteiger partial charge in [-0.1, -0.05) is 12.1 Å². The number of nitrogens with zero attached hydrogens (tertiary/aromatic N) is 1. The SMILES string of the molecule is O=C(CCn1c(=S)[nH]c2ccccc2c1=O)Nc1ccc2c(c1)OC(F)(F)O2. The molecule has 10 heteroatoms. The van der Waals surface area contributed by atoms with Gasteiger partial charge in [0, 0.05) is 24.7 Å². The Morgan fingerprint density at radius 1 is 1.18 bits per heavy atom. The van der Waals surface area contributed by atoms with Crippen LogP contribution < -0.4 is 20.3 Å². The number of ether oxygens (including phenoxy) is 2. The number of benzene rings is 2. The number of carbonyl (C=O) groups is 1. The number of halogens is 2. The van der Waals surface area contributed by atoms with Crippen LogP contribution in [-0.4, -0.2) is 21.8 Å². The summed E-state index contributed by atoms with van der Waals surface area (Å²) in [6, 6.07) is 10.9. The summed E-state index contributed by atoms with van der Waals surface area (Å²) in [5.74, 6) is -0.701. The number of aromatic amines is 1. The van der Waals surface area contributed by atoms with E-state index in [4.69, 9.17) is 12.2 Å². The van der Waals surface area contributed by atoms with Crippen molar-refractivity contribution >= 4 is 34.7 Å². The predicted octanol–water partition coefficient (Wildman–Crippen LogP) is 3.41. The van der Waals surface area contributed by atoms with Gasteiger partial charge in [0.1, 0.15) is 0 Å². The van der Waals surface area contributed by atoms with Gasteiger partial charge >= 0.3 is 6.29 Å². The third-order valence-electron chi connectivity index (χ3n) is 4.14. The maximum absolute atomic E-state index is 13.0. The van der Waals surface area contributed by atoms with E-state index in [1.54, 1.807) is 24.3 Å². The molecule has 0 fully saturated rings. The Hall–Kier alpha value is -3.27. The van der Waals surface area contributed by atoms with Gasteiger partial charge in [0.15, 0.2) is 16.3 Å². The zero-order chi connectivity index (χ0) is 19.9. The van der Waals surface area contributed by atoms with Crippen LogP contribution in [0.25, 0.3) is 10.9 Å². The summed E-state index contributed by atoms with van der Waals surface area (Å²) in [5, 5.41) is 3.03. The highest BCUT2D eigenvalue weighted by Crippen LogP contribution is 2.42. The second-order valence-electron chi connectivity index (χ2n) is 6.06. The van der Waals surface area contributed by atoms with Crippen molar-refractivity contribution in [2.75, 3.05) is 5.32 Å². The van der Waals surface area contributed by atoms with Crippen molar-refractivity contribution < 1.29 is 23.0 Å². The Bertz CT molecular complexity index is 1210. The zero-order valence-electron chi connectivity index (χ0n) is 14.2. The molecule has 2 N–H and O–H groups in total. The van der Waals surface area contributed by atoms with Crippen LogP contribution >= 0.6 is 12.2 Å². The van der Waals surface area contributed by atoms with E-state index in [-0.39, 0.29) is 40.5 Å². The minimum atomic E-state index is -3.72. The molecule has 2 aromatic carbocycles. The molecule has 0 saturated carbocycles. The van der Waals surface area contributed by atoms with Gasteiger partial charge in [0.05, 0.1) is 10.9 Å². The first-order valence-corrected chi connectivity index (χ1v) is 8.65. The van der Waals surface area contributed by atoms with E-state index < -0.39 is 12.2 Å². The number of anilines is 1. The van der Waals surface area contributed by atoms with E-state index in [0.717, 1.165) is 0 Å². The molecule has 28 heavy (non-hydrogen) atoms. The van der Waals surface area contributed by atoms with Crippen molar-refractivity contribution in [1.29, 1.82) is 0 Å². The minimum Gasteiger partial charge on any atom is -0.395 e. The molecule has 0 spiro atoms. The van der Waals surface area contributed by atoms with Crippen LogP contribution in [0.1, 0.15) is 6.42 Å². The van der Waals surface area contributed by atoms with Gasteiger partial charge in [-0.3, -0.25) is 14.2 Å². The van der Waals surface area contributed by atoms with Crippen molar-refractivity contribution in [3.63, 3.8) is 0 Å². The summed E-state index contributed by atoms with van der Waals surface area (Å²) < 4.78 is 36.3. The number of aromatic nitrogens is 2. The van der Waals surface area contributed by atoms with Gasteiger partial charge in [-0.15, -0.1) is 8.78 Å². The van der Waals surface area contributed by atoms with Crippen LogP contribution in [0, 0.1) is 4.77 Å². The largest absolute Gasteiger partial charge is 0.586 e. The van der Waals surface area contributed by atoms with Gasteiger partial charge in [-0.05, 0) is 36.5 Å². The van der Waals surface area contributed by atoms with Crippen LogP contribution in [0.15, 0.2) is 47.3 Å². The molecule has 0 atom stereocenters. The predicted molar refractivity (Wildman–Crippen MR) is 99.3 cm³/mol. The molecular formula is C18H13F2N3O4S. The second kappa shape index (κ2) is 6.71. The van der Waals surface area contributed by atoms with Crippen molar-refractivity contribution in [1.82, 2.24) is 9.55 Å². The van der Waals surface area contributed by atoms with Gasteiger partial charge in [0.25, 0.3) is 5.56 Å². The number of amides is 1. The molecule has 7 nitrogen and oxygen atoms in total. The summed E-state index contributed by atoms with van der Waals surface area (Å²) in [5.41, 5.74) is 0.592. The number of hydrogen-bond donors (Lipinski definition) is 2. The lowest BCUT2D eigenvalue weighted by atomic mass is 10.2. The molecule has 0 radical (unpaired) electrons. The second-order valence-corrected chi connectivity index (χ2v) is 6.45. The molecule has 2 heterocycles. The Balaban J connectivity index is 1.47. The lowest BCUT2D eigenvalue weighted by molar-refractivity contribution is -0.286. The first-order chi connectivity index (χ1) is 13.3. The summed E-state index contributed by atoms with van der Waals surface area (Å²) in [6.45, 7) is 0.0630. The summed E-state index contributed by atoms with van der Waals surface area (Å²) in [7, 11) is 0. The van der Waals surface area contributed by atoms with E-state index in [1.165, 1.54) is 22.8 Å². The number of hydrogen-bond acceptors (Lipinski definition) is 5. The lowest BCUT2D eigenvalue weighted by Gasteiger charge is -2.09. The summed E-state index contributed by atoms with van der Waals surface area (Å²) in [6.07, 6.45) is -3.76. The molecule has 1 aromatic heterocycles. The number of H-pyrrole nitrogens is 1. The average Bonchev–Trinajstić information content (AvgIpc) is 2.94. The molecule has 4 rings (SSSR count). The Morgan fingerprint density at radius 2 is 1.93 bits per heavy atom. The third kappa shape index (κ3) is 3.46. The van der Waals surface area contributed by atoms with Gasteiger partial charge in [-0.2, -0.15) is 0 Å². The molecule has 3 aromatic rings. The highest BCUT2D eigenvalue weighted by molar-refractivity contribution is 7.71. The normalized spacial score (nSPS) is 14.2. The first-order valence-electron chi connectivity index (χ1n) is 8.24. The Kier molecular flexibility index (Phi) is 4.34. The van der Waals surface area contributed by atoms with Crippen LogP contribution in [0.4, 0.5) is 14.5 Å². The van der Waals surface area contributed by atoms with Crippen molar-refractivity contribution in [3.05, 3.63) is 57.6 Å². The topological polar surface area (TPSA) is 85.4 Å². The molecule has 1 aliphatic heterocycles. The van der Waals surface area contributed by atoms with Crippen LogP contribution in [0.2, 0.25) is 0 Å². The van der Waals surface area contributed by atoms with E-state index in [2.05, 4.69) is 19.8 Å². The van der Waals surface area contributed by atoms with Crippen molar-refractivity contribution in [2.24, 2.45) is 0 Å². The highest BCUT2D eigenvalue weighted by atomic mass is 32.1. The maximum atomic E-state index is 13.0. The number of alkyl halides is 2. The fraction of sp³-hybridized carbons (Fsp3) is 0.167. The molecule has 0 bridgehead atoms. The third-order valence-corrected chi connectivity index (χ3v) is 4.46. The molecule has 1 aliphatic rings. The van der Waals surface area contributed by atoms with E-state index in [9.17, 15) is 18.4 Å². The first kappa shape index (κ1) is 18.1. The summed E-state index contributed by atoms with van der Waals surface area (Å²) >= 11 is 5.20. The molecule has 0 saturated heterocycles. The molecule has 0 unspecified atom stereocenters. The molecule has 144 valence electrons. The Morgan fingerprint density at radius 3 is 2.75 bits per heavy atom. The number of nitrogens with one attached hydrogen (secondary N) is 2. The smallest absolute Gasteiger partial charge is 0.395 e. The monoisotopic (exact) mass is 405 g/mol. The van der Waals surface area contributed by atoms with E-state index in [1.807, 2.05) is 0 Å². The quantitative estimate of drug-likeness (QED) is 0.650. The highest BCUT2D eigenvalue weighted by Gasteiger charge is 2.43. The molecule has 0 aliphatic carbocycles. The Labute approximate surface area is 161 Å². The molecule has 1 amide bonds. The number of carbonyl (C=O) groups excluding carboxylic acids is 1. The van der Waals surface area contributed by atoms with Gasteiger partial charge in [0.2, 0.25) is 5.91 Å². The zero-order valence-corrected chi connectivity index (χ0v) is 15.0. The number of fused-ring (bicyclic) bond motifs is 2. The van der Waals surface area contributed by atoms with Gasteiger partial charge in [-0.25, -0.2) is 0 Å². The minimum absolute atomic E-state index is 0.0413. The van der Waals surface area contributed by atoms with E-state index in [0.29, 0.717) is 10.9 Å². The van der Waals surface area contributed by atoms with Crippen LogP contribution in [0.5, 0.6) is 11.5 Å². The van der Waals surface area contributed by atoms with Crippen LogP contribution in [-0.2, 0) is 11.3 Å². The fourth-order valence-corrected chi connectivity index (χ4v) is 3.15. The van der Waals surface area contributed by atoms with Gasteiger partial charge < -0.3 is 19.8 Å². The summed E-state index contributed by atoms with van der Waals surface area (Å²) in [4.78, 5) is 27.7. The van der Waals surface area contributed by atoms with Crippen molar-refractivity contribution in [3.8, 4) is 11.5 Å². The average molecular weight is 405 g/mol. The standard InChI is InChI=1S/C18H13F2N3O4S/c19-18(20)26-13-6-5-10(9-14(13)27-18)21-15(24)7-8-23-16(25)11-3-1-2-4-12(11)22-17(23)28/h1-6,9H,7-8H2,(H,21,24)(H,22,28). The fourth-order valence-electron chi connectivity index (χ4n) is 2.87. The lowest BCUT2D eigenvalue weighted by Crippen LogP contribution is -2.26. The van der Waals surface area contributed by atoms with Crippen LogP contribution in [0.3, 0.4) is 0 Å². The number of para-hydroxylation sites is 1. The molecular weight excluding hydrogens is 392 g/mol. The van der Waals surface area contributed by atoms with Crippen molar-refractivity contribution in [2.45, 2.75) is 19.3 Å². The van der Waals surface area contributed by atoms with E-state index >= 15 is 0 Å². The number of rotatable bonds is 4.